The zero-order chi connectivity index (χ0) is 16.0. The van der Waals surface area contributed by atoms with Crippen molar-refractivity contribution in [2.24, 2.45) is 0 Å². The summed E-state index contributed by atoms with van der Waals surface area (Å²) in [7, 11) is -3.75. The van der Waals surface area contributed by atoms with Crippen molar-refractivity contribution in [2.45, 2.75) is 31.5 Å². The molecule has 0 aliphatic rings. The van der Waals surface area contributed by atoms with Gasteiger partial charge in [-0.3, -0.25) is 4.18 Å². The van der Waals surface area contributed by atoms with Gasteiger partial charge in [0, 0.05) is 0 Å². The van der Waals surface area contributed by atoms with E-state index in [1.807, 2.05) is 37.3 Å². The SMILES string of the molecule is Cc1ccc(S(=O)(=O)O[C@H](C)COCc2ccccc2)cc1. The zero-order valence-electron chi connectivity index (χ0n) is 12.7. The zero-order valence-corrected chi connectivity index (χ0v) is 13.5. The van der Waals surface area contributed by atoms with E-state index in [0.717, 1.165) is 11.1 Å². The molecule has 1 atom stereocenters. The molecular formula is C17H20O4S. The van der Waals surface area contributed by atoms with Gasteiger partial charge >= 0.3 is 0 Å². The van der Waals surface area contributed by atoms with Crippen molar-refractivity contribution < 1.29 is 17.3 Å². The second kappa shape index (κ2) is 7.54. The normalized spacial score (nSPS) is 13.0. The van der Waals surface area contributed by atoms with Gasteiger partial charge in [-0.1, -0.05) is 48.0 Å². The van der Waals surface area contributed by atoms with Gasteiger partial charge in [-0.2, -0.15) is 8.42 Å². The Hall–Kier alpha value is -1.69. The lowest BCUT2D eigenvalue weighted by atomic mass is 10.2. The molecule has 0 fully saturated rings. The van der Waals surface area contributed by atoms with Crippen LogP contribution in [0.25, 0.3) is 0 Å². The summed E-state index contributed by atoms with van der Waals surface area (Å²) in [5.41, 5.74) is 2.04. The minimum absolute atomic E-state index is 0.160. The number of aryl methyl sites for hydroxylation is 1. The van der Waals surface area contributed by atoms with Crippen LogP contribution in [0.3, 0.4) is 0 Å². The molecular weight excluding hydrogens is 300 g/mol. The van der Waals surface area contributed by atoms with Crippen molar-refractivity contribution in [3.05, 3.63) is 65.7 Å². The Bertz CT molecular complexity index is 678. The van der Waals surface area contributed by atoms with E-state index in [0.29, 0.717) is 6.61 Å². The van der Waals surface area contributed by atoms with Crippen LogP contribution in [0.1, 0.15) is 18.1 Å². The Balaban J connectivity index is 1.85. The summed E-state index contributed by atoms with van der Waals surface area (Å²) in [5, 5.41) is 0. The summed E-state index contributed by atoms with van der Waals surface area (Å²) in [6, 6.07) is 16.3. The van der Waals surface area contributed by atoms with Gasteiger partial charge in [0.25, 0.3) is 10.1 Å². The minimum atomic E-state index is -3.75. The topological polar surface area (TPSA) is 52.6 Å². The van der Waals surface area contributed by atoms with E-state index in [4.69, 9.17) is 8.92 Å². The van der Waals surface area contributed by atoms with Crippen molar-refractivity contribution in [1.29, 1.82) is 0 Å². The molecule has 0 saturated heterocycles. The van der Waals surface area contributed by atoms with Crippen LogP contribution in [0.2, 0.25) is 0 Å². The quantitative estimate of drug-likeness (QED) is 0.735. The molecule has 0 unspecified atom stereocenters. The standard InChI is InChI=1S/C17H20O4S/c1-14-8-10-17(11-9-14)22(18,19)21-15(2)12-20-13-16-6-4-3-5-7-16/h3-11,15H,12-13H2,1-2H3/t15-/m1/s1. The Morgan fingerprint density at radius 3 is 2.27 bits per heavy atom. The number of hydrogen-bond acceptors (Lipinski definition) is 4. The Morgan fingerprint density at radius 1 is 1.00 bits per heavy atom. The van der Waals surface area contributed by atoms with Crippen molar-refractivity contribution in [1.82, 2.24) is 0 Å². The van der Waals surface area contributed by atoms with Gasteiger partial charge in [-0.15, -0.1) is 0 Å². The Morgan fingerprint density at radius 2 is 1.64 bits per heavy atom. The molecule has 2 aromatic carbocycles. The first-order chi connectivity index (χ1) is 10.5. The van der Waals surface area contributed by atoms with Crippen LogP contribution < -0.4 is 0 Å². The molecule has 0 radical (unpaired) electrons. The highest BCUT2D eigenvalue weighted by Crippen LogP contribution is 2.15. The predicted octanol–water partition coefficient (Wildman–Crippen LogP) is 3.31. The van der Waals surface area contributed by atoms with Gasteiger partial charge in [0.1, 0.15) is 0 Å². The summed E-state index contributed by atoms with van der Waals surface area (Å²) >= 11 is 0. The average molecular weight is 320 g/mol. The monoisotopic (exact) mass is 320 g/mol. The number of benzene rings is 2. The summed E-state index contributed by atoms with van der Waals surface area (Å²) in [4.78, 5) is 0.160. The van der Waals surface area contributed by atoms with Gasteiger partial charge in [0.05, 0.1) is 24.2 Å². The number of ether oxygens (including phenoxy) is 1. The van der Waals surface area contributed by atoms with Crippen LogP contribution in [0.4, 0.5) is 0 Å². The van der Waals surface area contributed by atoms with Crippen molar-refractivity contribution in [3.63, 3.8) is 0 Å². The number of hydrogen-bond donors (Lipinski definition) is 0. The maximum Gasteiger partial charge on any atom is 0.297 e. The third kappa shape index (κ3) is 4.94. The van der Waals surface area contributed by atoms with Gasteiger partial charge in [-0.25, -0.2) is 0 Å². The van der Waals surface area contributed by atoms with E-state index in [1.165, 1.54) is 0 Å². The molecule has 0 bridgehead atoms. The van der Waals surface area contributed by atoms with Crippen molar-refractivity contribution in [3.8, 4) is 0 Å². The van der Waals surface area contributed by atoms with Crippen molar-refractivity contribution in [2.75, 3.05) is 6.61 Å². The fraction of sp³-hybridized carbons (Fsp3) is 0.294. The van der Waals surface area contributed by atoms with Crippen LogP contribution in [0.5, 0.6) is 0 Å². The lowest BCUT2D eigenvalue weighted by Crippen LogP contribution is -2.20. The van der Waals surface area contributed by atoms with E-state index >= 15 is 0 Å². The summed E-state index contributed by atoms with van der Waals surface area (Å²) < 4.78 is 34.9. The molecule has 0 saturated carbocycles. The fourth-order valence-electron chi connectivity index (χ4n) is 1.92. The lowest BCUT2D eigenvalue weighted by Gasteiger charge is -2.13. The third-order valence-electron chi connectivity index (χ3n) is 3.06. The summed E-state index contributed by atoms with van der Waals surface area (Å²) in [6.07, 6.45) is -0.546. The molecule has 0 aromatic heterocycles. The van der Waals surface area contributed by atoms with Crippen LogP contribution in [0.15, 0.2) is 59.5 Å². The molecule has 5 heteroatoms. The van der Waals surface area contributed by atoms with Gasteiger partial charge in [0.2, 0.25) is 0 Å². The highest BCUT2D eigenvalue weighted by Gasteiger charge is 2.19. The van der Waals surface area contributed by atoms with Crippen LogP contribution in [-0.4, -0.2) is 21.1 Å². The first-order valence-corrected chi connectivity index (χ1v) is 8.50. The molecule has 2 rings (SSSR count). The second-order valence-corrected chi connectivity index (χ2v) is 6.75. The first kappa shape index (κ1) is 16.7. The van der Waals surface area contributed by atoms with Gasteiger partial charge in [0.15, 0.2) is 0 Å². The fourth-order valence-corrected chi connectivity index (χ4v) is 2.99. The van der Waals surface area contributed by atoms with Crippen molar-refractivity contribution >= 4 is 10.1 Å². The summed E-state index contributed by atoms with van der Waals surface area (Å²) in [5.74, 6) is 0. The van der Waals surface area contributed by atoms with Gasteiger partial charge in [-0.05, 0) is 31.5 Å². The maximum absolute atomic E-state index is 12.1. The molecule has 0 aliphatic carbocycles. The van der Waals surface area contributed by atoms with Crippen LogP contribution >= 0.6 is 0 Å². The predicted molar refractivity (Wildman–Crippen MR) is 85.0 cm³/mol. The smallest absolute Gasteiger partial charge is 0.297 e. The lowest BCUT2D eigenvalue weighted by molar-refractivity contribution is 0.0522. The molecule has 0 amide bonds. The highest BCUT2D eigenvalue weighted by atomic mass is 32.2. The van der Waals surface area contributed by atoms with E-state index in [1.54, 1.807) is 31.2 Å². The second-order valence-electron chi connectivity index (χ2n) is 5.17. The molecule has 118 valence electrons. The number of rotatable bonds is 7. The molecule has 2 aromatic rings. The molecule has 4 nitrogen and oxygen atoms in total. The highest BCUT2D eigenvalue weighted by molar-refractivity contribution is 7.86. The van der Waals surface area contributed by atoms with Gasteiger partial charge < -0.3 is 4.74 Å². The maximum atomic E-state index is 12.1. The molecule has 22 heavy (non-hydrogen) atoms. The molecule has 0 spiro atoms. The van der Waals surface area contributed by atoms with Crippen LogP contribution in [-0.2, 0) is 25.6 Å². The first-order valence-electron chi connectivity index (χ1n) is 7.09. The molecule has 0 heterocycles. The average Bonchev–Trinajstić information content (AvgIpc) is 2.48. The molecule has 0 N–H and O–H groups in total. The van der Waals surface area contributed by atoms with E-state index in [9.17, 15) is 8.42 Å². The van der Waals surface area contributed by atoms with Crippen LogP contribution in [0, 0.1) is 6.92 Å². The summed E-state index contributed by atoms with van der Waals surface area (Å²) in [6.45, 7) is 4.22. The minimum Gasteiger partial charge on any atom is -0.374 e. The Kier molecular flexibility index (Phi) is 5.71. The molecule has 0 aliphatic heterocycles. The van der Waals surface area contributed by atoms with E-state index in [2.05, 4.69) is 0 Å². The largest absolute Gasteiger partial charge is 0.374 e. The third-order valence-corrected chi connectivity index (χ3v) is 4.50. The van der Waals surface area contributed by atoms with E-state index < -0.39 is 16.2 Å². The van der Waals surface area contributed by atoms with E-state index in [-0.39, 0.29) is 11.5 Å². The Labute approximate surface area is 131 Å².